The number of hydrogen-bond acceptors (Lipinski definition) is 3. The molecule has 0 spiro atoms. The van der Waals surface area contributed by atoms with Gasteiger partial charge in [-0.05, 0) is 39.8 Å². The molecule has 0 aromatic heterocycles. The van der Waals surface area contributed by atoms with E-state index in [0.717, 1.165) is 17.1 Å². The summed E-state index contributed by atoms with van der Waals surface area (Å²) in [5.74, 6) is 1.63. The third-order valence-electron chi connectivity index (χ3n) is 2.02. The average molecular weight is 223 g/mol. The molecule has 1 aromatic rings. The Kier molecular flexibility index (Phi) is 4.62. The first kappa shape index (κ1) is 12.8. The van der Waals surface area contributed by atoms with E-state index in [9.17, 15) is 0 Å². The predicted molar refractivity (Wildman–Crippen MR) is 65.9 cm³/mol. The first-order valence-corrected chi connectivity index (χ1v) is 5.69. The van der Waals surface area contributed by atoms with Crippen molar-refractivity contribution >= 4 is 0 Å². The molecule has 0 atom stereocenters. The zero-order chi connectivity index (χ0) is 12.1. The van der Waals surface area contributed by atoms with Gasteiger partial charge >= 0.3 is 0 Å². The molecule has 0 saturated carbocycles. The van der Waals surface area contributed by atoms with E-state index >= 15 is 0 Å². The van der Waals surface area contributed by atoms with Crippen LogP contribution in [0, 0.1) is 0 Å². The van der Waals surface area contributed by atoms with Gasteiger partial charge in [0.05, 0.1) is 12.2 Å². The van der Waals surface area contributed by atoms with Crippen LogP contribution in [0.5, 0.6) is 11.5 Å². The summed E-state index contributed by atoms with van der Waals surface area (Å²) in [5, 5.41) is 0. The van der Waals surface area contributed by atoms with Gasteiger partial charge in [-0.1, -0.05) is 6.07 Å². The van der Waals surface area contributed by atoms with Crippen LogP contribution >= 0.6 is 0 Å². The van der Waals surface area contributed by atoms with Crippen LogP contribution in [0.2, 0.25) is 0 Å². The van der Waals surface area contributed by atoms with E-state index in [-0.39, 0.29) is 12.2 Å². The summed E-state index contributed by atoms with van der Waals surface area (Å²) in [5.41, 5.74) is 6.68. The Morgan fingerprint density at radius 3 is 1.75 bits per heavy atom. The lowest BCUT2D eigenvalue weighted by atomic mass is 10.1. The first-order chi connectivity index (χ1) is 7.54. The molecule has 2 N–H and O–H groups in total. The zero-order valence-electron chi connectivity index (χ0n) is 10.5. The lowest BCUT2D eigenvalue weighted by Gasteiger charge is -2.18. The Balaban J connectivity index is 3.00. The minimum Gasteiger partial charge on any atom is -0.491 e. The largest absolute Gasteiger partial charge is 0.491 e. The minimum atomic E-state index is 0.139. The van der Waals surface area contributed by atoms with Gasteiger partial charge in [0.2, 0.25) is 0 Å². The SMILES string of the molecule is CC(C)Oc1cccc(OC(C)C)c1CN. The highest BCUT2D eigenvalue weighted by Crippen LogP contribution is 2.29. The van der Waals surface area contributed by atoms with Crippen molar-refractivity contribution in [3.63, 3.8) is 0 Å². The summed E-state index contributed by atoms with van der Waals surface area (Å²) in [6, 6.07) is 5.78. The highest BCUT2D eigenvalue weighted by Gasteiger charge is 2.11. The fourth-order valence-corrected chi connectivity index (χ4v) is 1.48. The van der Waals surface area contributed by atoms with Gasteiger partial charge in [0.1, 0.15) is 11.5 Å². The first-order valence-electron chi connectivity index (χ1n) is 5.69. The van der Waals surface area contributed by atoms with Crippen LogP contribution < -0.4 is 15.2 Å². The average Bonchev–Trinajstić information content (AvgIpc) is 2.16. The van der Waals surface area contributed by atoms with E-state index in [0.29, 0.717) is 6.54 Å². The van der Waals surface area contributed by atoms with Crippen molar-refractivity contribution in [3.05, 3.63) is 23.8 Å². The number of benzene rings is 1. The summed E-state index contributed by atoms with van der Waals surface area (Å²) >= 11 is 0. The maximum Gasteiger partial charge on any atom is 0.127 e. The van der Waals surface area contributed by atoms with Crippen molar-refractivity contribution in [1.29, 1.82) is 0 Å². The van der Waals surface area contributed by atoms with Crippen LogP contribution in [0.25, 0.3) is 0 Å². The molecule has 1 rings (SSSR count). The Labute approximate surface area is 97.6 Å². The summed E-state index contributed by atoms with van der Waals surface area (Å²) in [6.45, 7) is 8.41. The van der Waals surface area contributed by atoms with E-state index in [1.165, 1.54) is 0 Å². The lowest BCUT2D eigenvalue weighted by Crippen LogP contribution is -2.13. The Hall–Kier alpha value is -1.22. The molecule has 0 fully saturated rings. The molecule has 1 aromatic carbocycles. The van der Waals surface area contributed by atoms with Gasteiger partial charge in [0, 0.05) is 12.1 Å². The van der Waals surface area contributed by atoms with E-state index < -0.39 is 0 Å². The van der Waals surface area contributed by atoms with Gasteiger partial charge < -0.3 is 15.2 Å². The van der Waals surface area contributed by atoms with Gasteiger partial charge in [-0.3, -0.25) is 0 Å². The molecule has 0 unspecified atom stereocenters. The molecule has 0 aliphatic heterocycles. The van der Waals surface area contributed by atoms with E-state index in [1.54, 1.807) is 0 Å². The fourth-order valence-electron chi connectivity index (χ4n) is 1.48. The van der Waals surface area contributed by atoms with Crippen LogP contribution in [0.15, 0.2) is 18.2 Å². The van der Waals surface area contributed by atoms with Crippen molar-refractivity contribution in [2.24, 2.45) is 5.73 Å². The Morgan fingerprint density at radius 1 is 1.00 bits per heavy atom. The van der Waals surface area contributed by atoms with Crippen molar-refractivity contribution in [3.8, 4) is 11.5 Å². The monoisotopic (exact) mass is 223 g/mol. The molecular formula is C13H21NO2. The third-order valence-corrected chi connectivity index (χ3v) is 2.02. The molecule has 0 bridgehead atoms. The molecule has 0 heterocycles. The lowest BCUT2D eigenvalue weighted by molar-refractivity contribution is 0.224. The van der Waals surface area contributed by atoms with Gasteiger partial charge in [0.25, 0.3) is 0 Å². The molecule has 0 saturated heterocycles. The topological polar surface area (TPSA) is 44.5 Å². The number of nitrogens with two attached hydrogens (primary N) is 1. The Morgan fingerprint density at radius 2 is 1.44 bits per heavy atom. The van der Waals surface area contributed by atoms with Crippen LogP contribution in [0.3, 0.4) is 0 Å². The molecule has 0 amide bonds. The summed E-state index contributed by atoms with van der Waals surface area (Å²) in [7, 11) is 0. The highest BCUT2D eigenvalue weighted by molar-refractivity contribution is 5.44. The van der Waals surface area contributed by atoms with Crippen molar-refractivity contribution < 1.29 is 9.47 Å². The molecule has 0 aliphatic rings. The molecule has 90 valence electrons. The molecule has 0 radical (unpaired) electrons. The summed E-state index contributed by atoms with van der Waals surface area (Å²) < 4.78 is 11.4. The summed E-state index contributed by atoms with van der Waals surface area (Å²) in [6.07, 6.45) is 0.277. The van der Waals surface area contributed by atoms with Crippen molar-refractivity contribution in [2.75, 3.05) is 0 Å². The maximum atomic E-state index is 5.74. The normalized spacial score (nSPS) is 10.9. The smallest absolute Gasteiger partial charge is 0.127 e. The second kappa shape index (κ2) is 5.75. The molecule has 3 nitrogen and oxygen atoms in total. The van der Waals surface area contributed by atoms with E-state index in [1.807, 2.05) is 45.9 Å². The number of ether oxygens (including phenoxy) is 2. The van der Waals surface area contributed by atoms with Gasteiger partial charge in [-0.25, -0.2) is 0 Å². The quantitative estimate of drug-likeness (QED) is 0.834. The van der Waals surface area contributed by atoms with Crippen molar-refractivity contribution in [2.45, 2.75) is 46.4 Å². The zero-order valence-corrected chi connectivity index (χ0v) is 10.5. The molecular weight excluding hydrogens is 202 g/mol. The molecule has 0 aliphatic carbocycles. The standard InChI is InChI=1S/C13H21NO2/c1-9(2)15-12-6-5-7-13(11(12)8-14)16-10(3)4/h5-7,9-10H,8,14H2,1-4H3. The number of hydrogen-bond donors (Lipinski definition) is 1. The van der Waals surface area contributed by atoms with E-state index in [4.69, 9.17) is 15.2 Å². The minimum absolute atomic E-state index is 0.139. The molecule has 3 heteroatoms. The van der Waals surface area contributed by atoms with E-state index in [2.05, 4.69) is 0 Å². The van der Waals surface area contributed by atoms with Crippen molar-refractivity contribution in [1.82, 2.24) is 0 Å². The van der Waals surface area contributed by atoms with Gasteiger partial charge in [-0.2, -0.15) is 0 Å². The third kappa shape index (κ3) is 3.42. The van der Waals surface area contributed by atoms with Crippen LogP contribution in [-0.2, 0) is 6.54 Å². The Bertz CT molecular complexity index is 306. The summed E-state index contributed by atoms with van der Waals surface area (Å²) in [4.78, 5) is 0. The van der Waals surface area contributed by atoms with Crippen LogP contribution in [0.1, 0.15) is 33.3 Å². The van der Waals surface area contributed by atoms with Gasteiger partial charge in [-0.15, -0.1) is 0 Å². The fraction of sp³-hybridized carbons (Fsp3) is 0.538. The molecule has 16 heavy (non-hydrogen) atoms. The van der Waals surface area contributed by atoms with Gasteiger partial charge in [0.15, 0.2) is 0 Å². The van der Waals surface area contributed by atoms with Crippen LogP contribution in [0.4, 0.5) is 0 Å². The highest BCUT2D eigenvalue weighted by atomic mass is 16.5. The second-order valence-electron chi connectivity index (χ2n) is 4.27. The van der Waals surface area contributed by atoms with Crippen LogP contribution in [-0.4, -0.2) is 12.2 Å². The second-order valence-corrected chi connectivity index (χ2v) is 4.27. The number of rotatable bonds is 5. The predicted octanol–water partition coefficient (Wildman–Crippen LogP) is 2.72. The maximum absolute atomic E-state index is 5.74.